The molecular weight excluding hydrogens is 266 g/mol. The number of hydrogen-bond donors (Lipinski definition) is 1. The smallest absolute Gasteiger partial charge is 0.0795 e. The van der Waals surface area contributed by atoms with Crippen molar-refractivity contribution in [1.29, 1.82) is 0 Å². The lowest BCUT2D eigenvalue weighted by Crippen LogP contribution is -2.42. The van der Waals surface area contributed by atoms with Gasteiger partial charge < -0.3 is 5.32 Å². The van der Waals surface area contributed by atoms with Crippen LogP contribution >= 0.6 is 11.3 Å². The topological polar surface area (TPSA) is 28.2 Å². The Morgan fingerprint density at radius 3 is 2.65 bits per heavy atom. The van der Waals surface area contributed by atoms with Gasteiger partial charge in [-0.05, 0) is 31.8 Å². The highest BCUT2D eigenvalue weighted by atomic mass is 32.1. The SMILES string of the molecule is CCNCC1(CN(C)Cc2cscn2)CCCCCC1. The van der Waals surface area contributed by atoms with E-state index in [1.165, 1.54) is 57.3 Å². The van der Waals surface area contributed by atoms with Crippen molar-refractivity contribution in [3.8, 4) is 0 Å². The third-order valence-electron chi connectivity index (χ3n) is 4.43. The van der Waals surface area contributed by atoms with Gasteiger partial charge in [0.25, 0.3) is 0 Å². The molecule has 114 valence electrons. The van der Waals surface area contributed by atoms with Gasteiger partial charge in [-0.15, -0.1) is 11.3 Å². The molecule has 1 N–H and O–H groups in total. The summed E-state index contributed by atoms with van der Waals surface area (Å²) in [6.45, 7) is 6.64. The Kier molecular flexibility index (Phi) is 6.46. The first-order valence-corrected chi connectivity index (χ1v) is 8.95. The zero-order valence-electron chi connectivity index (χ0n) is 13.0. The molecule has 0 saturated heterocycles. The normalized spacial score (nSPS) is 19.1. The third-order valence-corrected chi connectivity index (χ3v) is 5.07. The van der Waals surface area contributed by atoms with E-state index >= 15 is 0 Å². The summed E-state index contributed by atoms with van der Waals surface area (Å²) >= 11 is 1.69. The summed E-state index contributed by atoms with van der Waals surface area (Å²) in [5.74, 6) is 0. The Bertz CT molecular complexity index is 356. The molecule has 0 aromatic carbocycles. The van der Waals surface area contributed by atoms with Crippen molar-refractivity contribution in [2.75, 3.05) is 26.7 Å². The van der Waals surface area contributed by atoms with Gasteiger partial charge in [-0.2, -0.15) is 0 Å². The molecule has 0 radical (unpaired) electrons. The molecule has 0 atom stereocenters. The second-order valence-corrected chi connectivity index (χ2v) is 7.07. The summed E-state index contributed by atoms with van der Waals surface area (Å²) < 4.78 is 0. The molecule has 0 amide bonds. The van der Waals surface area contributed by atoms with E-state index in [0.29, 0.717) is 5.41 Å². The Morgan fingerprint density at radius 1 is 1.30 bits per heavy atom. The Balaban J connectivity index is 1.94. The molecule has 1 aromatic heterocycles. The van der Waals surface area contributed by atoms with E-state index in [1.807, 2.05) is 5.51 Å². The fourth-order valence-corrected chi connectivity index (χ4v) is 4.03. The van der Waals surface area contributed by atoms with Crippen LogP contribution in [0.3, 0.4) is 0 Å². The van der Waals surface area contributed by atoms with Crippen molar-refractivity contribution in [2.24, 2.45) is 5.41 Å². The van der Waals surface area contributed by atoms with Crippen LogP contribution in [-0.2, 0) is 6.54 Å². The van der Waals surface area contributed by atoms with E-state index in [0.717, 1.165) is 13.1 Å². The summed E-state index contributed by atoms with van der Waals surface area (Å²) in [4.78, 5) is 6.88. The number of rotatable bonds is 7. The molecule has 0 spiro atoms. The molecule has 1 heterocycles. The van der Waals surface area contributed by atoms with Crippen molar-refractivity contribution in [1.82, 2.24) is 15.2 Å². The van der Waals surface area contributed by atoms with Gasteiger partial charge in [-0.3, -0.25) is 4.90 Å². The fourth-order valence-electron chi connectivity index (χ4n) is 3.48. The summed E-state index contributed by atoms with van der Waals surface area (Å²) in [6, 6.07) is 0. The first-order valence-electron chi connectivity index (χ1n) is 8.00. The number of nitrogens with one attached hydrogen (secondary N) is 1. The monoisotopic (exact) mass is 295 g/mol. The maximum Gasteiger partial charge on any atom is 0.0795 e. The van der Waals surface area contributed by atoms with E-state index in [4.69, 9.17) is 0 Å². The molecular formula is C16H29N3S. The lowest BCUT2D eigenvalue weighted by atomic mass is 9.79. The second-order valence-electron chi connectivity index (χ2n) is 6.35. The lowest BCUT2D eigenvalue weighted by molar-refractivity contribution is 0.142. The van der Waals surface area contributed by atoms with Crippen molar-refractivity contribution in [2.45, 2.75) is 52.0 Å². The van der Waals surface area contributed by atoms with Crippen molar-refractivity contribution >= 4 is 11.3 Å². The predicted octanol–water partition coefficient (Wildman–Crippen LogP) is 3.53. The van der Waals surface area contributed by atoms with Crippen molar-refractivity contribution < 1.29 is 0 Å². The molecule has 1 saturated carbocycles. The number of aromatic nitrogens is 1. The van der Waals surface area contributed by atoms with Crippen molar-refractivity contribution in [3.05, 3.63) is 16.6 Å². The van der Waals surface area contributed by atoms with Gasteiger partial charge in [-0.25, -0.2) is 4.98 Å². The zero-order valence-corrected chi connectivity index (χ0v) is 13.8. The highest BCUT2D eigenvalue weighted by Crippen LogP contribution is 2.35. The van der Waals surface area contributed by atoms with Crippen LogP contribution in [-0.4, -0.2) is 36.6 Å². The van der Waals surface area contributed by atoms with Gasteiger partial charge in [0.05, 0.1) is 11.2 Å². The molecule has 1 aromatic rings. The van der Waals surface area contributed by atoms with Gasteiger partial charge >= 0.3 is 0 Å². The first-order chi connectivity index (χ1) is 9.74. The second kappa shape index (κ2) is 8.11. The van der Waals surface area contributed by atoms with Gasteiger partial charge in [0.15, 0.2) is 0 Å². The van der Waals surface area contributed by atoms with E-state index in [1.54, 1.807) is 11.3 Å². The number of hydrogen-bond acceptors (Lipinski definition) is 4. The van der Waals surface area contributed by atoms with E-state index < -0.39 is 0 Å². The van der Waals surface area contributed by atoms with Crippen LogP contribution in [0.1, 0.15) is 51.1 Å². The molecule has 0 unspecified atom stereocenters. The average molecular weight is 295 g/mol. The maximum absolute atomic E-state index is 4.41. The van der Waals surface area contributed by atoms with Crippen LogP contribution in [0.25, 0.3) is 0 Å². The minimum atomic E-state index is 0.470. The maximum atomic E-state index is 4.41. The average Bonchev–Trinajstić information content (AvgIpc) is 2.82. The molecule has 1 aliphatic carbocycles. The quantitative estimate of drug-likeness (QED) is 0.780. The van der Waals surface area contributed by atoms with Crippen LogP contribution < -0.4 is 5.32 Å². The Hall–Kier alpha value is -0.450. The lowest BCUT2D eigenvalue weighted by Gasteiger charge is -2.37. The molecule has 3 nitrogen and oxygen atoms in total. The highest BCUT2D eigenvalue weighted by molar-refractivity contribution is 7.07. The van der Waals surface area contributed by atoms with Crippen LogP contribution in [0, 0.1) is 5.41 Å². The number of nitrogens with zero attached hydrogens (tertiary/aromatic N) is 2. The summed E-state index contributed by atoms with van der Waals surface area (Å²) in [6.07, 6.45) is 8.39. The third kappa shape index (κ3) is 4.83. The minimum Gasteiger partial charge on any atom is -0.316 e. The summed E-state index contributed by atoms with van der Waals surface area (Å²) in [5.41, 5.74) is 3.62. The van der Waals surface area contributed by atoms with Gasteiger partial charge in [0.1, 0.15) is 0 Å². The molecule has 2 rings (SSSR count). The Labute approximate surface area is 127 Å². The molecule has 1 aliphatic rings. The highest BCUT2D eigenvalue weighted by Gasteiger charge is 2.31. The minimum absolute atomic E-state index is 0.470. The largest absolute Gasteiger partial charge is 0.316 e. The van der Waals surface area contributed by atoms with Crippen LogP contribution in [0.4, 0.5) is 0 Å². The summed E-state index contributed by atoms with van der Waals surface area (Å²) in [7, 11) is 2.25. The fraction of sp³-hybridized carbons (Fsp3) is 0.812. The van der Waals surface area contributed by atoms with E-state index in [-0.39, 0.29) is 0 Å². The first kappa shape index (κ1) is 15.9. The van der Waals surface area contributed by atoms with E-state index in [9.17, 15) is 0 Å². The van der Waals surface area contributed by atoms with E-state index in [2.05, 4.69) is 34.6 Å². The standard InChI is InChI=1S/C16H29N3S/c1-3-17-12-16(8-6-4-5-7-9-16)13-19(2)10-15-11-20-14-18-15/h11,14,17H,3-10,12-13H2,1-2H3. The molecule has 4 heteroatoms. The molecule has 1 fully saturated rings. The molecule has 0 aliphatic heterocycles. The molecule has 20 heavy (non-hydrogen) atoms. The zero-order chi connectivity index (χ0) is 14.3. The van der Waals surface area contributed by atoms with Crippen molar-refractivity contribution in [3.63, 3.8) is 0 Å². The van der Waals surface area contributed by atoms with Crippen LogP contribution in [0.15, 0.2) is 10.9 Å². The Morgan fingerprint density at radius 2 is 2.05 bits per heavy atom. The van der Waals surface area contributed by atoms with Crippen LogP contribution in [0.2, 0.25) is 0 Å². The summed E-state index contributed by atoms with van der Waals surface area (Å²) in [5, 5.41) is 5.78. The van der Waals surface area contributed by atoms with Gasteiger partial charge in [-0.1, -0.05) is 32.6 Å². The van der Waals surface area contributed by atoms with Gasteiger partial charge in [0.2, 0.25) is 0 Å². The van der Waals surface area contributed by atoms with Gasteiger partial charge in [0, 0.05) is 25.0 Å². The predicted molar refractivity (Wildman–Crippen MR) is 87.1 cm³/mol. The number of thiazole rings is 1. The van der Waals surface area contributed by atoms with Crippen LogP contribution in [0.5, 0.6) is 0 Å². The molecule has 0 bridgehead atoms.